The molecule has 0 aliphatic heterocycles. The predicted molar refractivity (Wildman–Crippen MR) is 104 cm³/mol. The van der Waals surface area contributed by atoms with Gasteiger partial charge in [0.2, 0.25) is 5.91 Å². The molecule has 136 valence electrons. The molecule has 5 N–H and O–H groups in total. The van der Waals surface area contributed by atoms with Crippen molar-refractivity contribution in [3.63, 3.8) is 0 Å². The summed E-state index contributed by atoms with van der Waals surface area (Å²) in [6, 6.07) is 13.1. The van der Waals surface area contributed by atoms with E-state index in [0.29, 0.717) is 23.5 Å². The quantitative estimate of drug-likeness (QED) is 0.604. The first-order chi connectivity index (χ1) is 13.0. The molecule has 0 saturated carbocycles. The molecule has 0 aliphatic carbocycles. The number of rotatable bonds is 5. The van der Waals surface area contributed by atoms with Crippen molar-refractivity contribution >= 4 is 23.5 Å². The highest BCUT2D eigenvalue weighted by Gasteiger charge is 2.07. The lowest BCUT2D eigenvalue weighted by atomic mass is 10.1. The normalized spacial score (nSPS) is 10.9. The van der Waals surface area contributed by atoms with Crippen molar-refractivity contribution in [2.45, 2.75) is 6.54 Å². The van der Waals surface area contributed by atoms with Gasteiger partial charge >= 0.3 is 0 Å². The first kappa shape index (κ1) is 18.2. The molecular formula is C20H18FN5O. The molecule has 0 radical (unpaired) electrons. The van der Waals surface area contributed by atoms with E-state index in [1.807, 2.05) is 12.1 Å². The second-order valence-electron chi connectivity index (χ2n) is 5.74. The third kappa shape index (κ3) is 4.74. The van der Waals surface area contributed by atoms with E-state index >= 15 is 0 Å². The number of hydrogen-bond acceptors (Lipinski definition) is 5. The monoisotopic (exact) mass is 363 g/mol. The summed E-state index contributed by atoms with van der Waals surface area (Å²) in [7, 11) is 0. The molecule has 2 heterocycles. The Morgan fingerprint density at radius 3 is 2.67 bits per heavy atom. The summed E-state index contributed by atoms with van der Waals surface area (Å²) in [6.07, 6.45) is 4.50. The Morgan fingerprint density at radius 2 is 1.93 bits per heavy atom. The second kappa shape index (κ2) is 8.20. The molecule has 3 rings (SSSR count). The van der Waals surface area contributed by atoms with E-state index in [2.05, 4.69) is 15.3 Å². The van der Waals surface area contributed by atoms with Crippen molar-refractivity contribution in [3.8, 4) is 11.1 Å². The molecule has 0 fully saturated rings. The zero-order valence-corrected chi connectivity index (χ0v) is 14.4. The van der Waals surface area contributed by atoms with Gasteiger partial charge in [-0.15, -0.1) is 0 Å². The van der Waals surface area contributed by atoms with Gasteiger partial charge in [0.1, 0.15) is 11.6 Å². The van der Waals surface area contributed by atoms with Crippen molar-refractivity contribution in [2.24, 2.45) is 5.73 Å². The minimum Gasteiger partial charge on any atom is -0.382 e. The number of nitrogen functional groups attached to an aromatic ring is 1. The lowest BCUT2D eigenvalue weighted by molar-refractivity contribution is -0.111. The number of nitrogens with one attached hydrogen (secondary N) is 1. The predicted octanol–water partition coefficient (Wildman–Crippen LogP) is 2.98. The number of halogens is 1. The molecule has 0 bridgehead atoms. The number of carbonyl (C=O) groups is 1. The first-order valence-electron chi connectivity index (χ1n) is 8.21. The van der Waals surface area contributed by atoms with Crippen LogP contribution in [0, 0.1) is 5.82 Å². The Kier molecular flexibility index (Phi) is 5.53. The van der Waals surface area contributed by atoms with Crippen LogP contribution < -0.4 is 16.8 Å². The van der Waals surface area contributed by atoms with Crippen LogP contribution in [-0.4, -0.2) is 15.9 Å². The van der Waals surface area contributed by atoms with Crippen molar-refractivity contribution in [3.05, 3.63) is 78.0 Å². The van der Waals surface area contributed by atoms with Crippen molar-refractivity contribution in [1.29, 1.82) is 0 Å². The van der Waals surface area contributed by atoms with Gasteiger partial charge in [-0.2, -0.15) is 0 Å². The molecule has 0 spiro atoms. The van der Waals surface area contributed by atoms with Gasteiger partial charge in [0, 0.05) is 24.4 Å². The fraction of sp³-hybridized carbons (Fsp3) is 0.0500. The van der Waals surface area contributed by atoms with Gasteiger partial charge in [-0.3, -0.25) is 9.78 Å². The minimum absolute atomic E-state index is 0.186. The van der Waals surface area contributed by atoms with Crippen LogP contribution >= 0.6 is 0 Å². The molecule has 1 amide bonds. The van der Waals surface area contributed by atoms with Crippen LogP contribution in [0.1, 0.15) is 11.4 Å². The number of benzene rings is 1. The average molecular weight is 363 g/mol. The van der Waals surface area contributed by atoms with E-state index in [-0.39, 0.29) is 17.5 Å². The second-order valence-corrected chi connectivity index (χ2v) is 5.74. The molecule has 7 heteroatoms. The van der Waals surface area contributed by atoms with E-state index in [4.69, 9.17) is 11.5 Å². The highest BCUT2D eigenvalue weighted by Crippen LogP contribution is 2.25. The molecule has 27 heavy (non-hydrogen) atoms. The molecule has 2 aromatic heterocycles. The minimum atomic E-state index is -0.375. The lowest BCUT2D eigenvalue weighted by Gasteiger charge is -2.08. The number of anilines is 2. The van der Waals surface area contributed by atoms with Gasteiger partial charge in [-0.25, -0.2) is 9.37 Å². The van der Waals surface area contributed by atoms with E-state index in [1.165, 1.54) is 18.2 Å². The number of aromatic nitrogens is 2. The summed E-state index contributed by atoms with van der Waals surface area (Å²) in [5.41, 5.74) is 14.6. The zero-order chi connectivity index (χ0) is 19.2. The summed E-state index contributed by atoms with van der Waals surface area (Å²) >= 11 is 0. The molecular weight excluding hydrogens is 345 g/mol. The number of nitrogens with zero attached hydrogens (tertiary/aromatic N) is 2. The number of carbonyl (C=O) groups excluding carboxylic acids is 1. The Labute approximate surface area is 155 Å². The maximum Gasteiger partial charge on any atom is 0.248 e. The molecule has 0 unspecified atom stereocenters. The molecule has 0 saturated heterocycles. The number of nitrogens with two attached hydrogens (primary N) is 2. The molecule has 3 aromatic rings. The maximum absolute atomic E-state index is 13.1. The number of pyridine rings is 2. The van der Waals surface area contributed by atoms with E-state index in [9.17, 15) is 9.18 Å². The van der Waals surface area contributed by atoms with E-state index in [0.717, 1.165) is 11.3 Å². The Bertz CT molecular complexity index is 986. The van der Waals surface area contributed by atoms with E-state index in [1.54, 1.807) is 36.5 Å². The summed E-state index contributed by atoms with van der Waals surface area (Å²) < 4.78 is 13.1. The van der Waals surface area contributed by atoms with Gasteiger partial charge in [0.15, 0.2) is 0 Å². The highest BCUT2D eigenvalue weighted by molar-refractivity contribution is 6.03. The van der Waals surface area contributed by atoms with Crippen LogP contribution in [0.25, 0.3) is 17.2 Å². The Hall–Kier alpha value is -3.58. The molecule has 0 aliphatic rings. The molecule has 6 nitrogen and oxygen atoms in total. The maximum atomic E-state index is 13.1. The van der Waals surface area contributed by atoms with Crippen molar-refractivity contribution in [1.82, 2.24) is 9.97 Å². The smallest absolute Gasteiger partial charge is 0.248 e. The summed E-state index contributed by atoms with van der Waals surface area (Å²) in [4.78, 5) is 20.6. The van der Waals surface area contributed by atoms with Crippen LogP contribution in [0.5, 0.6) is 0 Å². The fourth-order valence-electron chi connectivity index (χ4n) is 2.42. The van der Waals surface area contributed by atoms with Gasteiger partial charge in [0.25, 0.3) is 0 Å². The Morgan fingerprint density at radius 1 is 1.15 bits per heavy atom. The van der Waals surface area contributed by atoms with Crippen molar-refractivity contribution in [2.75, 3.05) is 11.1 Å². The number of hydrogen-bond donors (Lipinski definition) is 3. The van der Waals surface area contributed by atoms with Gasteiger partial charge in [-0.1, -0.05) is 18.2 Å². The van der Waals surface area contributed by atoms with Gasteiger partial charge in [-0.05, 0) is 42.0 Å². The third-order valence-electron chi connectivity index (χ3n) is 3.80. The van der Waals surface area contributed by atoms with Gasteiger partial charge in [0.05, 0.1) is 17.1 Å². The van der Waals surface area contributed by atoms with Crippen LogP contribution in [0.15, 0.2) is 60.8 Å². The average Bonchev–Trinajstić information content (AvgIpc) is 2.69. The summed E-state index contributed by atoms with van der Waals surface area (Å²) in [6.45, 7) is 0.326. The first-order valence-corrected chi connectivity index (χ1v) is 8.21. The largest absolute Gasteiger partial charge is 0.382 e. The zero-order valence-electron chi connectivity index (χ0n) is 14.4. The van der Waals surface area contributed by atoms with Gasteiger partial charge < -0.3 is 16.8 Å². The fourth-order valence-corrected chi connectivity index (χ4v) is 2.42. The summed E-state index contributed by atoms with van der Waals surface area (Å²) in [5.74, 6) is -0.515. The number of amides is 1. The summed E-state index contributed by atoms with van der Waals surface area (Å²) in [5, 5.41) is 2.69. The van der Waals surface area contributed by atoms with Crippen LogP contribution in [0.4, 0.5) is 15.9 Å². The standard InChI is InChI=1S/C20H18FN5O/c21-15-6-4-13(5-7-15)14-10-18(20(23)24-12-14)26-19(27)9-8-16-2-1-3-17(11-22)25-16/h1-10,12H,11,22H2,(H2,23,24)(H,26,27)/b9-8+. The van der Waals surface area contributed by atoms with Crippen LogP contribution in [-0.2, 0) is 11.3 Å². The Balaban J connectivity index is 1.76. The van der Waals surface area contributed by atoms with Crippen molar-refractivity contribution < 1.29 is 9.18 Å². The molecule has 1 aromatic carbocycles. The van der Waals surface area contributed by atoms with Crippen LogP contribution in [0.3, 0.4) is 0 Å². The lowest BCUT2D eigenvalue weighted by Crippen LogP contribution is -2.10. The molecule has 0 atom stereocenters. The highest BCUT2D eigenvalue weighted by atomic mass is 19.1. The third-order valence-corrected chi connectivity index (χ3v) is 3.80. The topological polar surface area (TPSA) is 107 Å². The SMILES string of the molecule is NCc1cccc(/C=C/C(=O)Nc2cc(-c3ccc(F)cc3)cnc2N)n1. The van der Waals surface area contributed by atoms with Crippen LogP contribution in [0.2, 0.25) is 0 Å². The van der Waals surface area contributed by atoms with E-state index < -0.39 is 0 Å².